The fourth-order valence-electron chi connectivity index (χ4n) is 1.64. The van der Waals surface area contributed by atoms with Crippen LogP contribution in [0.2, 0.25) is 5.02 Å². The molecular formula is C13H13ClINO. The van der Waals surface area contributed by atoms with Gasteiger partial charge in [0.25, 0.3) is 0 Å². The molecule has 0 saturated carbocycles. The Hall–Kier alpha value is -0.520. The number of halogens is 2. The molecule has 0 fully saturated rings. The maximum atomic E-state index is 6.14. The summed E-state index contributed by atoms with van der Waals surface area (Å²) < 4.78 is 6.40. The van der Waals surface area contributed by atoms with Crippen molar-refractivity contribution in [2.24, 2.45) is 0 Å². The molecule has 2 aromatic rings. The second kappa shape index (κ2) is 5.89. The van der Waals surface area contributed by atoms with Crippen molar-refractivity contribution in [1.29, 1.82) is 0 Å². The van der Waals surface area contributed by atoms with Crippen LogP contribution in [0.5, 0.6) is 0 Å². The van der Waals surface area contributed by atoms with E-state index in [4.69, 9.17) is 16.0 Å². The van der Waals surface area contributed by atoms with Gasteiger partial charge in [0.1, 0.15) is 5.76 Å². The molecule has 0 saturated heterocycles. The Balaban J connectivity index is 1.98. The molecule has 1 atom stereocenters. The number of hydrogen-bond acceptors (Lipinski definition) is 2. The monoisotopic (exact) mass is 361 g/mol. The van der Waals surface area contributed by atoms with Crippen molar-refractivity contribution >= 4 is 34.2 Å². The van der Waals surface area contributed by atoms with Crippen molar-refractivity contribution < 1.29 is 4.42 Å². The van der Waals surface area contributed by atoms with Crippen LogP contribution in [0.4, 0.5) is 0 Å². The average molecular weight is 362 g/mol. The first-order chi connectivity index (χ1) is 8.16. The predicted octanol–water partition coefficient (Wildman–Crippen LogP) is 4.39. The first-order valence-corrected chi connectivity index (χ1v) is 6.84. The standard InChI is InChI=1S/C13H13ClINO/c1-9(11-4-2-3-5-12(11)14)16-8-10-6-7-13(15)17-10/h2-7,9,16H,8H2,1H3/t9-/m1/s1. The van der Waals surface area contributed by atoms with Crippen LogP contribution < -0.4 is 5.32 Å². The van der Waals surface area contributed by atoms with Crippen LogP contribution >= 0.6 is 34.2 Å². The summed E-state index contributed by atoms with van der Waals surface area (Å²) in [5, 5.41) is 4.18. The molecule has 17 heavy (non-hydrogen) atoms. The lowest BCUT2D eigenvalue weighted by atomic mass is 10.1. The molecule has 0 unspecified atom stereocenters. The lowest BCUT2D eigenvalue weighted by Crippen LogP contribution is -2.18. The fraction of sp³-hybridized carbons (Fsp3) is 0.231. The van der Waals surface area contributed by atoms with Gasteiger partial charge < -0.3 is 9.73 Å². The molecule has 1 N–H and O–H groups in total. The first kappa shape index (κ1) is 12.9. The molecule has 1 aromatic heterocycles. The van der Waals surface area contributed by atoms with Crippen LogP contribution in [-0.2, 0) is 6.54 Å². The van der Waals surface area contributed by atoms with E-state index in [-0.39, 0.29) is 6.04 Å². The Kier molecular flexibility index (Phi) is 4.48. The number of benzene rings is 1. The van der Waals surface area contributed by atoms with E-state index >= 15 is 0 Å². The summed E-state index contributed by atoms with van der Waals surface area (Å²) in [5.41, 5.74) is 1.11. The van der Waals surface area contributed by atoms with Gasteiger partial charge >= 0.3 is 0 Å². The van der Waals surface area contributed by atoms with Crippen molar-refractivity contribution in [3.63, 3.8) is 0 Å². The SMILES string of the molecule is C[C@@H](NCc1ccc(I)o1)c1ccccc1Cl. The quantitative estimate of drug-likeness (QED) is 0.817. The summed E-state index contributed by atoms with van der Waals surface area (Å²) in [6.45, 7) is 2.80. The number of rotatable bonds is 4. The molecule has 0 aliphatic rings. The van der Waals surface area contributed by atoms with Crippen LogP contribution in [0.15, 0.2) is 40.8 Å². The Bertz CT molecular complexity index is 498. The van der Waals surface area contributed by atoms with Crippen LogP contribution in [0.1, 0.15) is 24.3 Å². The van der Waals surface area contributed by atoms with Crippen molar-refractivity contribution in [3.05, 3.63) is 56.5 Å². The van der Waals surface area contributed by atoms with Gasteiger partial charge in [-0.3, -0.25) is 0 Å². The topological polar surface area (TPSA) is 25.2 Å². The van der Waals surface area contributed by atoms with Gasteiger partial charge in [-0.15, -0.1) is 0 Å². The molecule has 1 heterocycles. The summed E-state index contributed by atoms with van der Waals surface area (Å²) in [7, 11) is 0. The summed E-state index contributed by atoms with van der Waals surface area (Å²) in [5.74, 6) is 0.938. The minimum atomic E-state index is 0.200. The number of nitrogens with one attached hydrogen (secondary N) is 1. The van der Waals surface area contributed by atoms with E-state index in [1.807, 2.05) is 36.4 Å². The lowest BCUT2D eigenvalue weighted by Gasteiger charge is -2.14. The zero-order valence-electron chi connectivity index (χ0n) is 9.41. The Morgan fingerprint density at radius 1 is 1.29 bits per heavy atom. The van der Waals surface area contributed by atoms with Crippen LogP contribution in [0.3, 0.4) is 0 Å². The highest BCUT2D eigenvalue weighted by atomic mass is 127. The van der Waals surface area contributed by atoms with E-state index in [1.54, 1.807) is 0 Å². The first-order valence-electron chi connectivity index (χ1n) is 5.39. The van der Waals surface area contributed by atoms with E-state index < -0.39 is 0 Å². The Morgan fingerprint density at radius 2 is 2.06 bits per heavy atom. The van der Waals surface area contributed by atoms with Crippen LogP contribution in [0.25, 0.3) is 0 Å². The molecule has 90 valence electrons. The molecule has 2 nitrogen and oxygen atoms in total. The molecule has 0 aliphatic heterocycles. The van der Waals surface area contributed by atoms with Gasteiger partial charge in [-0.25, -0.2) is 0 Å². The summed E-state index contributed by atoms with van der Waals surface area (Å²) >= 11 is 8.30. The molecular weight excluding hydrogens is 349 g/mol. The van der Waals surface area contributed by atoms with E-state index in [9.17, 15) is 0 Å². The fourth-order valence-corrected chi connectivity index (χ4v) is 2.40. The van der Waals surface area contributed by atoms with Crippen LogP contribution in [0, 0.1) is 3.77 Å². The zero-order chi connectivity index (χ0) is 12.3. The highest BCUT2D eigenvalue weighted by Crippen LogP contribution is 2.22. The van der Waals surface area contributed by atoms with Crippen molar-refractivity contribution in [2.45, 2.75) is 19.5 Å². The van der Waals surface area contributed by atoms with Crippen molar-refractivity contribution in [2.75, 3.05) is 0 Å². The predicted molar refractivity (Wildman–Crippen MR) is 78.1 cm³/mol. The third-order valence-corrected chi connectivity index (χ3v) is 3.51. The minimum absolute atomic E-state index is 0.200. The van der Waals surface area contributed by atoms with Crippen molar-refractivity contribution in [1.82, 2.24) is 5.32 Å². The highest BCUT2D eigenvalue weighted by molar-refractivity contribution is 14.1. The highest BCUT2D eigenvalue weighted by Gasteiger charge is 2.09. The summed E-state index contributed by atoms with van der Waals surface area (Å²) in [4.78, 5) is 0. The summed E-state index contributed by atoms with van der Waals surface area (Å²) in [6, 6.07) is 12.0. The molecule has 1 aromatic carbocycles. The molecule has 0 spiro atoms. The largest absolute Gasteiger partial charge is 0.454 e. The summed E-state index contributed by atoms with van der Waals surface area (Å²) in [6.07, 6.45) is 0. The number of hydrogen-bond donors (Lipinski definition) is 1. The van der Waals surface area contributed by atoms with Crippen LogP contribution in [-0.4, -0.2) is 0 Å². The van der Waals surface area contributed by atoms with Gasteiger partial charge in [0.05, 0.1) is 6.54 Å². The van der Waals surface area contributed by atoms with E-state index in [2.05, 4.69) is 34.8 Å². The second-order valence-corrected chi connectivity index (χ2v) is 5.30. The smallest absolute Gasteiger partial charge is 0.164 e. The Morgan fingerprint density at radius 3 is 2.71 bits per heavy atom. The van der Waals surface area contributed by atoms with Gasteiger partial charge in [0.2, 0.25) is 0 Å². The Labute approximate surface area is 119 Å². The molecule has 0 amide bonds. The minimum Gasteiger partial charge on any atom is -0.454 e. The van der Waals surface area contributed by atoms with Gasteiger partial charge in [-0.1, -0.05) is 29.8 Å². The maximum absolute atomic E-state index is 6.14. The molecule has 0 bridgehead atoms. The van der Waals surface area contributed by atoms with E-state index in [0.29, 0.717) is 6.54 Å². The van der Waals surface area contributed by atoms with Gasteiger partial charge in [0, 0.05) is 11.1 Å². The van der Waals surface area contributed by atoms with Gasteiger partial charge in [-0.2, -0.15) is 0 Å². The lowest BCUT2D eigenvalue weighted by molar-refractivity contribution is 0.445. The molecule has 0 aliphatic carbocycles. The van der Waals surface area contributed by atoms with E-state index in [1.165, 1.54) is 0 Å². The molecule has 2 rings (SSSR count). The number of furan rings is 1. The van der Waals surface area contributed by atoms with Gasteiger partial charge in [-0.05, 0) is 53.3 Å². The van der Waals surface area contributed by atoms with Crippen molar-refractivity contribution in [3.8, 4) is 0 Å². The second-order valence-electron chi connectivity index (χ2n) is 3.83. The molecule has 0 radical (unpaired) electrons. The zero-order valence-corrected chi connectivity index (χ0v) is 12.3. The third-order valence-electron chi connectivity index (χ3n) is 2.58. The van der Waals surface area contributed by atoms with E-state index in [0.717, 1.165) is 20.1 Å². The third kappa shape index (κ3) is 3.47. The average Bonchev–Trinajstić information content (AvgIpc) is 2.73. The normalized spacial score (nSPS) is 12.6. The maximum Gasteiger partial charge on any atom is 0.164 e. The molecule has 4 heteroatoms. The van der Waals surface area contributed by atoms with Gasteiger partial charge in [0.15, 0.2) is 3.77 Å².